The first kappa shape index (κ1) is 23.8. The molecule has 3 aromatic rings. The van der Waals surface area contributed by atoms with Crippen LogP contribution in [0.5, 0.6) is 5.75 Å². The van der Waals surface area contributed by atoms with Gasteiger partial charge in [-0.1, -0.05) is 62.4 Å². The third-order valence-corrected chi connectivity index (χ3v) is 7.73. The summed E-state index contributed by atoms with van der Waals surface area (Å²) >= 11 is 0. The molecule has 0 amide bonds. The van der Waals surface area contributed by atoms with Crippen molar-refractivity contribution in [2.45, 2.75) is 51.2 Å². The minimum atomic E-state index is -1.11. The Morgan fingerprint density at radius 3 is 2.56 bits per heavy atom. The molecule has 2 N–H and O–H groups in total. The largest absolute Gasteiger partial charge is 0.487 e. The van der Waals surface area contributed by atoms with Gasteiger partial charge in [0.2, 0.25) is 0 Å². The van der Waals surface area contributed by atoms with E-state index in [1.807, 2.05) is 68.4 Å². The van der Waals surface area contributed by atoms with Crippen molar-refractivity contribution in [2.24, 2.45) is 22.6 Å². The van der Waals surface area contributed by atoms with Gasteiger partial charge in [0, 0.05) is 30.2 Å². The maximum atomic E-state index is 14.3. The van der Waals surface area contributed by atoms with E-state index in [1.54, 1.807) is 6.07 Å². The molecule has 3 aromatic carbocycles. The maximum Gasteiger partial charge on any atom is 0.169 e. The van der Waals surface area contributed by atoms with Crippen LogP contribution in [0.25, 0.3) is 11.1 Å². The number of fused-ring (bicyclic) bond motifs is 2. The third kappa shape index (κ3) is 3.97. The number of rotatable bonds is 4. The first-order valence-electron chi connectivity index (χ1n) is 12.6. The Morgan fingerprint density at radius 2 is 1.83 bits per heavy atom. The van der Waals surface area contributed by atoms with Crippen LogP contribution in [0.4, 0.5) is 0 Å². The van der Waals surface area contributed by atoms with Crippen molar-refractivity contribution in [1.82, 2.24) is 0 Å². The van der Waals surface area contributed by atoms with E-state index in [9.17, 15) is 10.1 Å². The SMILES string of the molecule is CCC1C(=O)C2(CC(C)(Cc3ccccc3)Oc3ccc(-c4cccc(C#N)c4)cc32)N=C(N)C1C. The first-order chi connectivity index (χ1) is 17.3. The number of carbonyl (C=O) groups is 1. The molecule has 5 rings (SSSR count). The Labute approximate surface area is 212 Å². The molecule has 2 heterocycles. The van der Waals surface area contributed by atoms with Crippen molar-refractivity contribution < 1.29 is 9.53 Å². The number of hydrogen-bond acceptors (Lipinski definition) is 5. The van der Waals surface area contributed by atoms with Crippen molar-refractivity contribution in [2.75, 3.05) is 0 Å². The van der Waals surface area contributed by atoms with Gasteiger partial charge in [-0.2, -0.15) is 5.26 Å². The number of nitrogens with two attached hydrogens (primary N) is 1. The lowest BCUT2D eigenvalue weighted by Crippen LogP contribution is -2.56. The van der Waals surface area contributed by atoms with E-state index in [0.717, 1.165) is 22.3 Å². The first-order valence-corrected chi connectivity index (χ1v) is 12.6. The summed E-state index contributed by atoms with van der Waals surface area (Å²) < 4.78 is 6.65. The highest BCUT2D eigenvalue weighted by Gasteiger charge is 2.56. The predicted octanol–water partition coefficient (Wildman–Crippen LogP) is 5.81. The number of nitrogens with zero attached hydrogens (tertiary/aromatic N) is 2. The van der Waals surface area contributed by atoms with Crippen LogP contribution in [0.3, 0.4) is 0 Å². The number of ketones is 1. The molecule has 0 saturated carbocycles. The number of carbonyl (C=O) groups excluding carboxylic acids is 1. The van der Waals surface area contributed by atoms with Crippen molar-refractivity contribution in [3.63, 3.8) is 0 Å². The van der Waals surface area contributed by atoms with E-state index in [1.165, 1.54) is 0 Å². The van der Waals surface area contributed by atoms with Crippen LogP contribution >= 0.6 is 0 Å². The monoisotopic (exact) mass is 477 g/mol. The molecular formula is C31H31N3O2. The fourth-order valence-electron chi connectivity index (χ4n) is 5.93. The summed E-state index contributed by atoms with van der Waals surface area (Å²) in [5, 5.41) is 9.38. The number of benzene rings is 3. The molecule has 5 nitrogen and oxygen atoms in total. The Morgan fingerprint density at radius 1 is 1.08 bits per heavy atom. The maximum absolute atomic E-state index is 14.3. The van der Waals surface area contributed by atoms with Gasteiger partial charge < -0.3 is 10.5 Å². The van der Waals surface area contributed by atoms with Crippen molar-refractivity contribution in [3.05, 3.63) is 89.5 Å². The number of nitriles is 1. The topological polar surface area (TPSA) is 88.5 Å². The van der Waals surface area contributed by atoms with Gasteiger partial charge in [0.25, 0.3) is 0 Å². The summed E-state index contributed by atoms with van der Waals surface area (Å²) in [7, 11) is 0. The fraction of sp³-hybridized carbons (Fsp3) is 0.323. The highest BCUT2D eigenvalue weighted by atomic mass is 16.5. The minimum absolute atomic E-state index is 0.102. The van der Waals surface area contributed by atoms with Gasteiger partial charge in [0.15, 0.2) is 11.3 Å². The number of hydrogen-bond donors (Lipinski definition) is 1. The summed E-state index contributed by atoms with van der Waals surface area (Å²) in [5.74, 6) is 0.983. The second-order valence-corrected chi connectivity index (χ2v) is 10.4. The predicted molar refractivity (Wildman–Crippen MR) is 142 cm³/mol. The molecule has 0 aromatic heterocycles. The van der Waals surface area contributed by atoms with Crippen LogP contribution in [0.15, 0.2) is 77.8 Å². The zero-order valence-electron chi connectivity index (χ0n) is 21.0. The van der Waals surface area contributed by atoms with Crippen LogP contribution in [0, 0.1) is 23.2 Å². The molecule has 0 radical (unpaired) electrons. The van der Waals surface area contributed by atoms with Crippen molar-refractivity contribution in [3.8, 4) is 22.9 Å². The second-order valence-electron chi connectivity index (χ2n) is 10.4. The molecule has 5 heteroatoms. The standard InChI is InChI=1S/C31H31N3O2/c1-4-25-20(2)29(33)34-31(28(25)35)19-30(3,17-21-9-6-5-7-10-21)36-27-14-13-24(16-26(27)31)23-12-8-11-22(15-23)18-32/h5-16,20,25H,4,17,19H2,1-3H3,(H2,33,34). The molecule has 0 fully saturated rings. The molecule has 2 aliphatic heterocycles. The number of Topliss-reactive ketones (excluding diaryl/α,β-unsaturated/α-hetero) is 1. The number of ether oxygens (including phenoxy) is 1. The van der Waals surface area contributed by atoms with Crippen molar-refractivity contribution >= 4 is 11.6 Å². The van der Waals surface area contributed by atoms with Gasteiger partial charge in [0.1, 0.15) is 11.4 Å². The summed E-state index contributed by atoms with van der Waals surface area (Å²) in [4.78, 5) is 19.3. The van der Waals surface area contributed by atoms with E-state index in [0.29, 0.717) is 36.4 Å². The van der Waals surface area contributed by atoms with Gasteiger partial charge in [-0.3, -0.25) is 9.79 Å². The number of aliphatic imine (C=N–C) groups is 1. The molecule has 2 aliphatic rings. The van der Waals surface area contributed by atoms with Crippen LogP contribution in [0.1, 0.15) is 50.3 Å². The van der Waals surface area contributed by atoms with Gasteiger partial charge in [-0.05, 0) is 54.3 Å². The molecule has 4 atom stereocenters. The average molecular weight is 478 g/mol. The molecule has 182 valence electrons. The van der Waals surface area contributed by atoms with Gasteiger partial charge in [0.05, 0.1) is 17.5 Å². The lowest BCUT2D eigenvalue weighted by atomic mass is 9.65. The molecule has 1 spiro atoms. The highest BCUT2D eigenvalue weighted by molar-refractivity contribution is 6.02. The quantitative estimate of drug-likeness (QED) is 0.514. The molecule has 0 aliphatic carbocycles. The minimum Gasteiger partial charge on any atom is -0.487 e. The summed E-state index contributed by atoms with van der Waals surface area (Å²) in [6.07, 6.45) is 1.76. The normalized spacial score (nSPS) is 27.1. The van der Waals surface area contributed by atoms with Crippen LogP contribution < -0.4 is 10.5 Å². The van der Waals surface area contributed by atoms with Crippen LogP contribution in [-0.2, 0) is 16.8 Å². The Hall–Kier alpha value is -3.91. The third-order valence-electron chi connectivity index (χ3n) is 7.73. The zero-order valence-corrected chi connectivity index (χ0v) is 21.0. The summed E-state index contributed by atoms with van der Waals surface area (Å²) in [6.45, 7) is 6.09. The molecule has 0 saturated heterocycles. The molecule has 4 unspecified atom stereocenters. The lowest BCUT2D eigenvalue weighted by molar-refractivity contribution is -0.134. The van der Waals surface area contributed by atoms with E-state index in [2.05, 4.69) is 25.1 Å². The van der Waals surface area contributed by atoms with Gasteiger partial charge >= 0.3 is 0 Å². The molecule has 0 bridgehead atoms. The van der Waals surface area contributed by atoms with E-state index in [-0.39, 0.29) is 17.6 Å². The Balaban J connectivity index is 1.69. The lowest BCUT2D eigenvalue weighted by Gasteiger charge is -2.48. The summed E-state index contributed by atoms with van der Waals surface area (Å²) in [6, 6.07) is 25.8. The van der Waals surface area contributed by atoms with Crippen LogP contribution in [-0.4, -0.2) is 17.2 Å². The van der Waals surface area contributed by atoms with Gasteiger partial charge in [-0.15, -0.1) is 0 Å². The average Bonchev–Trinajstić information content (AvgIpc) is 2.88. The molecule has 36 heavy (non-hydrogen) atoms. The van der Waals surface area contributed by atoms with E-state index < -0.39 is 11.1 Å². The number of amidine groups is 1. The van der Waals surface area contributed by atoms with E-state index >= 15 is 0 Å². The molecular weight excluding hydrogens is 446 g/mol. The highest BCUT2D eigenvalue weighted by Crippen LogP contribution is 2.52. The zero-order chi connectivity index (χ0) is 25.5. The van der Waals surface area contributed by atoms with Gasteiger partial charge in [-0.25, -0.2) is 0 Å². The second kappa shape index (κ2) is 8.95. The van der Waals surface area contributed by atoms with E-state index in [4.69, 9.17) is 15.5 Å². The smallest absolute Gasteiger partial charge is 0.169 e. The van der Waals surface area contributed by atoms with Crippen molar-refractivity contribution in [1.29, 1.82) is 5.26 Å². The summed E-state index contributed by atoms with van der Waals surface area (Å²) in [5.41, 5.74) is 9.06. The fourth-order valence-corrected chi connectivity index (χ4v) is 5.93. The Kier molecular flexibility index (Phi) is 5.92. The van der Waals surface area contributed by atoms with Crippen LogP contribution in [0.2, 0.25) is 0 Å². The Bertz CT molecular complexity index is 1390.